The van der Waals surface area contributed by atoms with Crippen LogP contribution in [0.15, 0.2) is 40.9 Å². The summed E-state index contributed by atoms with van der Waals surface area (Å²) in [7, 11) is 0. The smallest absolute Gasteiger partial charge is 0.124 e. The Balaban J connectivity index is 1.84. The molecule has 0 aromatic heterocycles. The zero-order chi connectivity index (χ0) is 14.5. The second kappa shape index (κ2) is 6.95. The Labute approximate surface area is 126 Å². The first-order chi connectivity index (χ1) is 9.54. The van der Waals surface area contributed by atoms with Crippen LogP contribution in [0.5, 0.6) is 0 Å². The normalized spacial score (nSPS) is 10.8. The minimum Gasteiger partial charge on any atom is -0.312 e. The largest absolute Gasteiger partial charge is 0.312 e. The van der Waals surface area contributed by atoms with Crippen molar-refractivity contribution in [3.63, 3.8) is 0 Å². The molecule has 2 rings (SSSR count). The van der Waals surface area contributed by atoms with Gasteiger partial charge in [0.15, 0.2) is 0 Å². The van der Waals surface area contributed by atoms with Crippen LogP contribution in [0.3, 0.4) is 0 Å². The molecule has 0 heterocycles. The molecule has 0 unspecified atom stereocenters. The Hall–Kier alpha value is -1.26. The van der Waals surface area contributed by atoms with E-state index in [1.807, 2.05) is 19.1 Å². The minimum atomic E-state index is -0.245. The van der Waals surface area contributed by atoms with Gasteiger partial charge in [-0.2, -0.15) is 0 Å². The van der Waals surface area contributed by atoms with Crippen molar-refractivity contribution >= 4 is 15.9 Å². The topological polar surface area (TPSA) is 12.0 Å². The summed E-state index contributed by atoms with van der Waals surface area (Å²) in [5.74, 6) is -0.450. The van der Waals surface area contributed by atoms with Crippen molar-refractivity contribution in [3.8, 4) is 0 Å². The van der Waals surface area contributed by atoms with Gasteiger partial charge in [0.2, 0.25) is 0 Å². The summed E-state index contributed by atoms with van der Waals surface area (Å²) in [4.78, 5) is 0. The molecule has 2 aromatic rings. The molecule has 1 nitrogen and oxygen atoms in total. The van der Waals surface area contributed by atoms with Gasteiger partial charge in [0, 0.05) is 11.0 Å². The van der Waals surface area contributed by atoms with Gasteiger partial charge in [-0.15, -0.1) is 0 Å². The zero-order valence-electron chi connectivity index (χ0n) is 11.2. The highest BCUT2D eigenvalue weighted by molar-refractivity contribution is 9.10. The molecule has 2 aromatic carbocycles. The van der Waals surface area contributed by atoms with Gasteiger partial charge in [-0.25, -0.2) is 8.78 Å². The van der Waals surface area contributed by atoms with Gasteiger partial charge in [-0.05, 0) is 66.9 Å². The van der Waals surface area contributed by atoms with E-state index in [4.69, 9.17) is 0 Å². The lowest BCUT2D eigenvalue weighted by molar-refractivity contribution is 0.618. The molecule has 1 N–H and O–H groups in total. The Morgan fingerprint density at radius 2 is 1.85 bits per heavy atom. The molecule has 20 heavy (non-hydrogen) atoms. The van der Waals surface area contributed by atoms with Crippen LogP contribution in [-0.4, -0.2) is 6.54 Å². The zero-order valence-corrected chi connectivity index (χ0v) is 12.8. The minimum absolute atomic E-state index is 0.205. The maximum atomic E-state index is 13.2. The van der Waals surface area contributed by atoms with Gasteiger partial charge in [0.1, 0.15) is 11.6 Å². The van der Waals surface area contributed by atoms with Crippen LogP contribution in [0.4, 0.5) is 8.78 Å². The molecule has 0 amide bonds. The van der Waals surface area contributed by atoms with E-state index in [-0.39, 0.29) is 11.6 Å². The lowest BCUT2D eigenvalue weighted by Gasteiger charge is -2.08. The van der Waals surface area contributed by atoms with Crippen molar-refractivity contribution in [3.05, 3.63) is 69.2 Å². The quantitative estimate of drug-likeness (QED) is 0.797. The molecule has 0 aliphatic carbocycles. The van der Waals surface area contributed by atoms with E-state index in [1.165, 1.54) is 18.2 Å². The Bertz CT molecular complexity index is 579. The molecule has 0 fully saturated rings. The summed E-state index contributed by atoms with van der Waals surface area (Å²) < 4.78 is 26.9. The summed E-state index contributed by atoms with van der Waals surface area (Å²) in [6.45, 7) is 3.28. The molecule has 4 heteroatoms. The van der Waals surface area contributed by atoms with Gasteiger partial charge in [-0.1, -0.05) is 22.0 Å². The highest BCUT2D eigenvalue weighted by Gasteiger charge is 2.01. The highest BCUT2D eigenvalue weighted by atomic mass is 79.9. The third-order valence-electron chi connectivity index (χ3n) is 3.13. The molecule has 0 spiro atoms. The number of halogens is 3. The predicted octanol–water partition coefficient (Wildman–Crippen LogP) is 4.37. The van der Waals surface area contributed by atoms with E-state index >= 15 is 0 Å². The van der Waals surface area contributed by atoms with Crippen LogP contribution in [0.25, 0.3) is 0 Å². The van der Waals surface area contributed by atoms with Gasteiger partial charge >= 0.3 is 0 Å². The van der Waals surface area contributed by atoms with E-state index in [0.29, 0.717) is 6.54 Å². The molecule has 0 radical (unpaired) electrons. The maximum Gasteiger partial charge on any atom is 0.124 e. The fraction of sp³-hybridized carbons (Fsp3) is 0.250. The van der Waals surface area contributed by atoms with Crippen molar-refractivity contribution in [2.24, 2.45) is 0 Å². The van der Waals surface area contributed by atoms with Crippen molar-refractivity contribution in [1.82, 2.24) is 5.32 Å². The van der Waals surface area contributed by atoms with E-state index in [9.17, 15) is 8.78 Å². The van der Waals surface area contributed by atoms with Crippen molar-refractivity contribution in [1.29, 1.82) is 0 Å². The molecule has 0 bridgehead atoms. The van der Waals surface area contributed by atoms with Crippen LogP contribution in [0.1, 0.15) is 16.7 Å². The maximum absolute atomic E-state index is 13.2. The second-order valence-electron chi connectivity index (χ2n) is 4.78. The number of rotatable bonds is 5. The standard InChI is InChI=1S/C16H16BrF2N/c1-11-6-15(18)3-2-13(11)4-5-20-10-12-7-14(17)9-16(19)8-12/h2-3,6-9,20H,4-5,10H2,1H3. The number of nitrogens with one attached hydrogen (secondary N) is 1. The first-order valence-corrected chi connectivity index (χ1v) is 7.24. The molecular weight excluding hydrogens is 324 g/mol. The van der Waals surface area contributed by atoms with Crippen LogP contribution in [-0.2, 0) is 13.0 Å². The molecule has 0 saturated carbocycles. The lowest BCUT2D eigenvalue weighted by atomic mass is 10.1. The molecule has 0 aliphatic heterocycles. The third kappa shape index (κ3) is 4.39. The summed E-state index contributed by atoms with van der Waals surface area (Å²) in [5, 5.41) is 3.27. The number of aryl methyl sites for hydroxylation is 1. The van der Waals surface area contributed by atoms with E-state index < -0.39 is 0 Å². The van der Waals surface area contributed by atoms with Crippen molar-refractivity contribution < 1.29 is 8.78 Å². The van der Waals surface area contributed by atoms with Crippen molar-refractivity contribution in [2.45, 2.75) is 19.9 Å². The summed E-state index contributed by atoms with van der Waals surface area (Å²) in [6.07, 6.45) is 0.822. The number of hydrogen-bond donors (Lipinski definition) is 1. The number of hydrogen-bond acceptors (Lipinski definition) is 1. The molecule has 0 aliphatic rings. The van der Waals surface area contributed by atoms with Crippen molar-refractivity contribution in [2.75, 3.05) is 6.54 Å². The average Bonchev–Trinajstić information content (AvgIpc) is 2.35. The Morgan fingerprint density at radius 3 is 2.55 bits per heavy atom. The average molecular weight is 340 g/mol. The number of benzene rings is 2. The molecule has 0 atom stereocenters. The van der Waals surface area contributed by atoms with Crippen LogP contribution in [0.2, 0.25) is 0 Å². The van der Waals surface area contributed by atoms with Crippen LogP contribution < -0.4 is 5.32 Å². The molecule has 0 saturated heterocycles. The predicted molar refractivity (Wildman–Crippen MR) is 80.6 cm³/mol. The first kappa shape index (κ1) is 15.1. The van der Waals surface area contributed by atoms with Crippen LogP contribution in [0, 0.1) is 18.6 Å². The summed E-state index contributed by atoms with van der Waals surface area (Å²) in [5.41, 5.74) is 2.98. The second-order valence-corrected chi connectivity index (χ2v) is 5.69. The summed E-state index contributed by atoms with van der Waals surface area (Å²) in [6, 6.07) is 9.67. The molecule has 106 valence electrons. The first-order valence-electron chi connectivity index (χ1n) is 6.45. The SMILES string of the molecule is Cc1cc(F)ccc1CCNCc1cc(F)cc(Br)c1. The van der Waals surface area contributed by atoms with E-state index in [1.54, 1.807) is 6.07 Å². The highest BCUT2D eigenvalue weighted by Crippen LogP contribution is 2.15. The fourth-order valence-corrected chi connectivity index (χ4v) is 2.62. The lowest BCUT2D eigenvalue weighted by Crippen LogP contribution is -2.17. The van der Waals surface area contributed by atoms with Gasteiger partial charge in [0.25, 0.3) is 0 Å². The molecular formula is C16H16BrF2N. The van der Waals surface area contributed by atoms with E-state index in [0.717, 1.165) is 34.1 Å². The summed E-state index contributed by atoms with van der Waals surface area (Å²) >= 11 is 3.27. The van der Waals surface area contributed by atoms with Crippen LogP contribution >= 0.6 is 15.9 Å². The Morgan fingerprint density at radius 1 is 1.05 bits per heavy atom. The van der Waals surface area contributed by atoms with Gasteiger partial charge < -0.3 is 5.32 Å². The Kier molecular flexibility index (Phi) is 5.26. The van der Waals surface area contributed by atoms with E-state index in [2.05, 4.69) is 21.2 Å². The fourth-order valence-electron chi connectivity index (χ4n) is 2.11. The van der Waals surface area contributed by atoms with Gasteiger partial charge in [0.05, 0.1) is 0 Å². The monoisotopic (exact) mass is 339 g/mol. The third-order valence-corrected chi connectivity index (χ3v) is 3.59. The van der Waals surface area contributed by atoms with Gasteiger partial charge in [-0.3, -0.25) is 0 Å².